The molecule has 1 aromatic carbocycles. The topological polar surface area (TPSA) is 30.0 Å². The number of fused-ring (bicyclic) bond motifs is 1. The molecule has 2 aromatic rings. The molecule has 1 aromatic heterocycles. The van der Waals surface area contributed by atoms with Crippen LogP contribution in [0.25, 0.3) is 10.2 Å². The van der Waals surface area contributed by atoms with Crippen LogP contribution in [0.2, 0.25) is 0 Å². The number of hydrogen-bond acceptors (Lipinski definition) is 3. The van der Waals surface area contributed by atoms with Crippen LogP contribution in [-0.2, 0) is 0 Å². The normalized spacial score (nSPS) is 10.6. The van der Waals surface area contributed by atoms with Crippen LogP contribution >= 0.6 is 11.3 Å². The Balaban J connectivity index is 2.40. The molecule has 0 aliphatic heterocycles. The van der Waals surface area contributed by atoms with E-state index in [1.807, 2.05) is 31.2 Å². The van der Waals surface area contributed by atoms with E-state index in [2.05, 4.69) is 4.98 Å². The molecule has 0 fully saturated rings. The van der Waals surface area contributed by atoms with Gasteiger partial charge in [0, 0.05) is 6.42 Å². The number of thiazole rings is 1. The van der Waals surface area contributed by atoms with Crippen molar-refractivity contribution < 1.29 is 4.79 Å². The molecular weight excluding hydrogens is 194 g/mol. The summed E-state index contributed by atoms with van der Waals surface area (Å²) in [6.45, 7) is 2.01. The largest absolute Gasteiger partial charge is 0.292 e. The Morgan fingerprint density at radius 3 is 2.93 bits per heavy atom. The molecule has 0 atom stereocenters. The van der Waals surface area contributed by atoms with Gasteiger partial charge in [0.15, 0.2) is 10.8 Å². The summed E-state index contributed by atoms with van der Waals surface area (Å²) in [7, 11) is 0. The lowest BCUT2D eigenvalue weighted by atomic mass is 10.2. The van der Waals surface area contributed by atoms with Crippen molar-refractivity contribution in [2.45, 2.75) is 19.8 Å². The van der Waals surface area contributed by atoms with Gasteiger partial charge in [-0.2, -0.15) is 0 Å². The predicted octanol–water partition coefficient (Wildman–Crippen LogP) is 3.28. The smallest absolute Gasteiger partial charge is 0.191 e. The highest BCUT2D eigenvalue weighted by molar-refractivity contribution is 7.20. The first kappa shape index (κ1) is 9.34. The Kier molecular flexibility index (Phi) is 2.59. The predicted molar refractivity (Wildman–Crippen MR) is 58.9 cm³/mol. The van der Waals surface area contributed by atoms with E-state index in [0.29, 0.717) is 11.4 Å². The first-order valence-corrected chi connectivity index (χ1v) is 5.51. The van der Waals surface area contributed by atoms with E-state index in [9.17, 15) is 4.79 Å². The maximum Gasteiger partial charge on any atom is 0.191 e. The number of carbonyl (C=O) groups excluding carboxylic acids is 1. The highest BCUT2D eigenvalue weighted by Gasteiger charge is 2.10. The molecule has 0 saturated heterocycles. The molecule has 0 spiro atoms. The van der Waals surface area contributed by atoms with Crippen molar-refractivity contribution >= 4 is 27.3 Å². The van der Waals surface area contributed by atoms with Gasteiger partial charge in [-0.1, -0.05) is 19.1 Å². The van der Waals surface area contributed by atoms with Gasteiger partial charge in [0.25, 0.3) is 0 Å². The molecule has 0 N–H and O–H groups in total. The number of nitrogens with zero attached hydrogens (tertiary/aromatic N) is 1. The van der Waals surface area contributed by atoms with Crippen molar-refractivity contribution in [3.8, 4) is 0 Å². The third-order valence-electron chi connectivity index (χ3n) is 2.01. The first-order chi connectivity index (χ1) is 6.81. The molecule has 2 rings (SSSR count). The lowest BCUT2D eigenvalue weighted by Gasteiger charge is -1.89. The molecular formula is C11H11NOS. The number of hydrogen-bond donors (Lipinski definition) is 0. The highest BCUT2D eigenvalue weighted by Crippen LogP contribution is 2.22. The van der Waals surface area contributed by atoms with Crippen molar-refractivity contribution in [3.63, 3.8) is 0 Å². The van der Waals surface area contributed by atoms with E-state index in [-0.39, 0.29) is 5.78 Å². The molecule has 72 valence electrons. The number of rotatable bonds is 3. The monoisotopic (exact) mass is 205 g/mol. The molecule has 0 unspecified atom stereocenters. The zero-order valence-electron chi connectivity index (χ0n) is 7.99. The van der Waals surface area contributed by atoms with Gasteiger partial charge in [-0.3, -0.25) is 4.79 Å². The van der Waals surface area contributed by atoms with E-state index >= 15 is 0 Å². The molecule has 1 heterocycles. The second-order valence-electron chi connectivity index (χ2n) is 3.16. The second kappa shape index (κ2) is 3.88. The van der Waals surface area contributed by atoms with Crippen molar-refractivity contribution in [1.29, 1.82) is 0 Å². The quantitative estimate of drug-likeness (QED) is 0.720. The van der Waals surface area contributed by atoms with Gasteiger partial charge in [0.2, 0.25) is 0 Å². The van der Waals surface area contributed by atoms with Crippen molar-refractivity contribution in [2.24, 2.45) is 0 Å². The van der Waals surface area contributed by atoms with Gasteiger partial charge in [-0.15, -0.1) is 11.3 Å². The number of benzene rings is 1. The van der Waals surface area contributed by atoms with Crippen LogP contribution in [0, 0.1) is 0 Å². The molecule has 0 bridgehead atoms. The first-order valence-electron chi connectivity index (χ1n) is 4.70. The fourth-order valence-corrected chi connectivity index (χ4v) is 2.26. The third-order valence-corrected chi connectivity index (χ3v) is 3.09. The summed E-state index contributed by atoms with van der Waals surface area (Å²) in [6.07, 6.45) is 1.48. The zero-order valence-corrected chi connectivity index (χ0v) is 8.80. The Bertz CT molecular complexity index is 428. The minimum atomic E-state index is 0.161. The average molecular weight is 205 g/mol. The summed E-state index contributed by atoms with van der Waals surface area (Å²) < 4.78 is 1.09. The summed E-state index contributed by atoms with van der Waals surface area (Å²) in [5.41, 5.74) is 0.928. The summed E-state index contributed by atoms with van der Waals surface area (Å²) in [6, 6.07) is 7.84. The van der Waals surface area contributed by atoms with Crippen molar-refractivity contribution in [3.05, 3.63) is 29.3 Å². The molecule has 2 nitrogen and oxygen atoms in total. The fraction of sp³-hybridized carbons (Fsp3) is 0.273. The van der Waals surface area contributed by atoms with Gasteiger partial charge in [-0.25, -0.2) is 4.98 Å². The summed E-state index contributed by atoms with van der Waals surface area (Å²) in [5, 5.41) is 0.646. The van der Waals surface area contributed by atoms with E-state index in [0.717, 1.165) is 16.6 Å². The lowest BCUT2D eigenvalue weighted by molar-refractivity contribution is 0.0981. The van der Waals surface area contributed by atoms with E-state index in [4.69, 9.17) is 0 Å². The summed E-state index contributed by atoms with van der Waals surface area (Å²) >= 11 is 1.48. The minimum absolute atomic E-state index is 0.161. The van der Waals surface area contributed by atoms with Crippen LogP contribution in [0.15, 0.2) is 24.3 Å². The number of aromatic nitrogens is 1. The Labute approximate surface area is 86.6 Å². The van der Waals surface area contributed by atoms with E-state index < -0.39 is 0 Å². The minimum Gasteiger partial charge on any atom is -0.292 e. The van der Waals surface area contributed by atoms with E-state index in [1.54, 1.807) is 0 Å². The van der Waals surface area contributed by atoms with Crippen LogP contribution in [0.1, 0.15) is 29.6 Å². The Morgan fingerprint density at radius 2 is 2.21 bits per heavy atom. The van der Waals surface area contributed by atoms with Crippen LogP contribution in [-0.4, -0.2) is 10.8 Å². The number of para-hydroxylation sites is 1. The summed E-state index contributed by atoms with van der Waals surface area (Å²) in [5.74, 6) is 0.161. The maximum atomic E-state index is 11.6. The molecule has 14 heavy (non-hydrogen) atoms. The number of carbonyl (C=O) groups is 1. The van der Waals surface area contributed by atoms with Gasteiger partial charge >= 0.3 is 0 Å². The van der Waals surface area contributed by atoms with Gasteiger partial charge < -0.3 is 0 Å². The lowest BCUT2D eigenvalue weighted by Crippen LogP contribution is -1.96. The Morgan fingerprint density at radius 1 is 1.43 bits per heavy atom. The van der Waals surface area contributed by atoms with Crippen LogP contribution in [0.4, 0.5) is 0 Å². The molecule has 0 aliphatic rings. The van der Waals surface area contributed by atoms with Gasteiger partial charge in [-0.05, 0) is 18.6 Å². The standard InChI is InChI=1S/C11H11NOS/c1-2-5-9(13)11-12-8-6-3-4-7-10(8)14-11/h3-4,6-7H,2,5H2,1H3. The summed E-state index contributed by atoms with van der Waals surface area (Å²) in [4.78, 5) is 15.9. The van der Waals surface area contributed by atoms with Crippen molar-refractivity contribution in [2.75, 3.05) is 0 Å². The van der Waals surface area contributed by atoms with Gasteiger partial charge in [0.1, 0.15) is 0 Å². The Hall–Kier alpha value is -1.22. The molecule has 0 radical (unpaired) electrons. The van der Waals surface area contributed by atoms with Crippen LogP contribution < -0.4 is 0 Å². The average Bonchev–Trinajstić information content (AvgIpc) is 2.61. The SMILES string of the molecule is CCCC(=O)c1nc2ccccc2s1. The molecule has 3 heteroatoms. The third kappa shape index (κ3) is 1.68. The molecule has 0 amide bonds. The fourth-order valence-electron chi connectivity index (χ4n) is 1.33. The number of Topliss-reactive ketones (excluding diaryl/α,β-unsaturated/α-hetero) is 1. The van der Waals surface area contributed by atoms with Crippen LogP contribution in [0.5, 0.6) is 0 Å². The molecule has 0 aliphatic carbocycles. The highest BCUT2D eigenvalue weighted by atomic mass is 32.1. The van der Waals surface area contributed by atoms with Crippen LogP contribution in [0.3, 0.4) is 0 Å². The van der Waals surface area contributed by atoms with Crippen molar-refractivity contribution in [1.82, 2.24) is 4.98 Å². The molecule has 0 saturated carbocycles. The second-order valence-corrected chi connectivity index (χ2v) is 4.19. The zero-order chi connectivity index (χ0) is 9.97. The maximum absolute atomic E-state index is 11.6. The number of ketones is 1. The van der Waals surface area contributed by atoms with Gasteiger partial charge in [0.05, 0.1) is 10.2 Å². The van der Waals surface area contributed by atoms with E-state index in [1.165, 1.54) is 11.3 Å².